The molecule has 58 heavy (non-hydrogen) atoms. The van der Waals surface area contributed by atoms with E-state index in [2.05, 4.69) is 26.3 Å². The van der Waals surface area contributed by atoms with Crippen LogP contribution in [-0.2, 0) is 35.1 Å². The SMILES string of the molecule is CNCN[C@@H](CCC(=O)N[C@@H](CSC1C2=C3C(CC(Cc4ccncc4)=C(CCCO)[C@H]3C(=O)O2)CC2CCC(CC2)C12CCCC2)C(=O)N[C@@H](O)C(=O)O)C(=O)O. The number of carboxylic acids is 2. The van der Waals surface area contributed by atoms with Gasteiger partial charge in [0.1, 0.15) is 23.8 Å². The van der Waals surface area contributed by atoms with Gasteiger partial charge in [0.15, 0.2) is 0 Å². The fourth-order valence-electron chi connectivity index (χ4n) is 10.5. The molecule has 5 aliphatic carbocycles. The Morgan fingerprint density at radius 2 is 1.74 bits per heavy atom. The molecular formula is C42H59N5O10S. The maximum atomic E-state index is 14.4. The third-order valence-electron chi connectivity index (χ3n) is 13.2. The molecule has 1 spiro atoms. The van der Waals surface area contributed by atoms with Crippen molar-refractivity contribution in [3.8, 4) is 0 Å². The molecule has 6 aliphatic rings. The molecule has 16 heteroatoms. The van der Waals surface area contributed by atoms with Gasteiger partial charge in [-0.05, 0) is 118 Å². The van der Waals surface area contributed by atoms with Gasteiger partial charge >= 0.3 is 17.9 Å². The van der Waals surface area contributed by atoms with Crippen LogP contribution >= 0.6 is 11.8 Å². The molecule has 8 N–H and O–H groups in total. The number of aromatic nitrogens is 1. The summed E-state index contributed by atoms with van der Waals surface area (Å²) in [4.78, 5) is 69.1. The highest BCUT2D eigenvalue weighted by Crippen LogP contribution is 2.62. The number of aliphatic carboxylic acids is 2. The number of nitrogens with one attached hydrogen (secondary N) is 4. The van der Waals surface area contributed by atoms with Crippen LogP contribution in [-0.4, -0.2) is 105 Å². The summed E-state index contributed by atoms with van der Waals surface area (Å²) in [5, 5.41) is 49.2. The third kappa shape index (κ3) is 9.95. The number of carboxylic acid groups (broad SMARTS) is 2. The molecule has 2 amide bonds. The van der Waals surface area contributed by atoms with Gasteiger partial charge in [-0.25, -0.2) is 4.79 Å². The van der Waals surface area contributed by atoms with E-state index in [1.165, 1.54) is 17.3 Å². The number of thioether (sulfide) groups is 1. The highest BCUT2D eigenvalue weighted by atomic mass is 32.2. The van der Waals surface area contributed by atoms with Crippen LogP contribution < -0.4 is 21.3 Å². The minimum atomic E-state index is -2.21. The Morgan fingerprint density at radius 3 is 2.40 bits per heavy atom. The number of rotatable bonds is 19. The Morgan fingerprint density at radius 1 is 1.02 bits per heavy atom. The molecular weight excluding hydrogens is 767 g/mol. The zero-order valence-electron chi connectivity index (χ0n) is 33.2. The first-order valence-electron chi connectivity index (χ1n) is 20.8. The number of allylic oxidation sites excluding steroid dienone is 1. The molecule has 318 valence electrons. The highest BCUT2D eigenvalue weighted by Gasteiger charge is 2.56. The summed E-state index contributed by atoms with van der Waals surface area (Å²) in [6.45, 7) is 0.191. The van der Waals surface area contributed by atoms with Crippen molar-refractivity contribution in [2.24, 2.45) is 29.1 Å². The van der Waals surface area contributed by atoms with Crippen LogP contribution in [0.15, 0.2) is 47.0 Å². The van der Waals surface area contributed by atoms with Gasteiger partial charge in [-0.15, -0.1) is 11.8 Å². The van der Waals surface area contributed by atoms with Gasteiger partial charge in [-0.1, -0.05) is 36.8 Å². The molecule has 2 heterocycles. The molecule has 1 aromatic heterocycles. The first-order chi connectivity index (χ1) is 27.9. The smallest absolute Gasteiger partial charge is 0.353 e. The summed E-state index contributed by atoms with van der Waals surface area (Å²) >= 11 is 1.45. The Kier molecular flexibility index (Phi) is 15.0. The zero-order valence-corrected chi connectivity index (χ0v) is 34.1. The molecule has 2 fully saturated rings. The molecule has 2 unspecified atom stereocenters. The molecule has 7 rings (SSSR count). The fourth-order valence-corrected chi connectivity index (χ4v) is 12.2. The van der Waals surface area contributed by atoms with Crippen LogP contribution in [0.1, 0.15) is 95.5 Å². The second-order valence-corrected chi connectivity index (χ2v) is 17.8. The van der Waals surface area contributed by atoms with Crippen LogP contribution in [0.25, 0.3) is 0 Å². The molecule has 6 atom stereocenters. The van der Waals surface area contributed by atoms with Gasteiger partial charge < -0.3 is 41.1 Å². The monoisotopic (exact) mass is 825 g/mol. The molecule has 1 aromatic rings. The second kappa shape index (κ2) is 19.9. The molecule has 2 saturated carbocycles. The quantitative estimate of drug-likeness (QED) is 0.0569. The van der Waals surface area contributed by atoms with Crippen LogP contribution in [0.4, 0.5) is 0 Å². The minimum Gasteiger partial charge on any atom is -0.480 e. The van der Waals surface area contributed by atoms with Crippen molar-refractivity contribution in [2.75, 3.05) is 26.1 Å². The lowest BCUT2D eigenvalue weighted by molar-refractivity contribution is -0.151. The predicted octanol–water partition coefficient (Wildman–Crippen LogP) is 3.02. The number of ether oxygens (including phenoxy) is 1. The van der Waals surface area contributed by atoms with E-state index in [9.17, 15) is 44.4 Å². The van der Waals surface area contributed by atoms with Crippen molar-refractivity contribution in [2.45, 2.75) is 120 Å². The summed E-state index contributed by atoms with van der Waals surface area (Å²) in [6, 6.07) is 1.67. The average molecular weight is 826 g/mol. The molecule has 2 bridgehead atoms. The molecule has 1 aliphatic heterocycles. The number of aliphatic hydroxyl groups is 2. The van der Waals surface area contributed by atoms with Crippen molar-refractivity contribution < 1.29 is 49.1 Å². The van der Waals surface area contributed by atoms with Crippen LogP contribution in [0, 0.1) is 29.1 Å². The lowest BCUT2D eigenvalue weighted by Crippen LogP contribution is -2.53. The van der Waals surface area contributed by atoms with E-state index in [1.54, 1.807) is 19.4 Å². The molecule has 0 aromatic carbocycles. The number of nitrogens with zero attached hydrogens (tertiary/aromatic N) is 1. The number of aliphatic hydroxyl groups excluding tert-OH is 2. The second-order valence-electron chi connectivity index (χ2n) is 16.7. The predicted molar refractivity (Wildman–Crippen MR) is 215 cm³/mol. The summed E-state index contributed by atoms with van der Waals surface area (Å²) < 4.78 is 6.56. The number of esters is 1. The third-order valence-corrected chi connectivity index (χ3v) is 14.7. The normalized spacial score (nSPS) is 26.5. The number of pyridine rings is 1. The number of amides is 2. The fraction of sp³-hybridized carbons (Fsp3) is 0.667. The summed E-state index contributed by atoms with van der Waals surface area (Å²) in [7, 11) is 1.65. The van der Waals surface area contributed by atoms with Gasteiger partial charge in [-0.3, -0.25) is 29.5 Å². The molecule has 0 saturated heterocycles. The number of hydrogen-bond acceptors (Lipinski definition) is 12. The first-order valence-corrected chi connectivity index (χ1v) is 21.9. The average Bonchev–Trinajstić information content (AvgIpc) is 3.83. The Balaban J connectivity index is 1.37. The van der Waals surface area contributed by atoms with E-state index >= 15 is 0 Å². The molecule has 15 nitrogen and oxygen atoms in total. The van der Waals surface area contributed by atoms with Crippen molar-refractivity contribution in [1.29, 1.82) is 0 Å². The maximum absolute atomic E-state index is 14.4. The van der Waals surface area contributed by atoms with E-state index in [4.69, 9.17) is 4.74 Å². The van der Waals surface area contributed by atoms with E-state index in [0.717, 1.165) is 80.9 Å². The van der Waals surface area contributed by atoms with E-state index in [-0.39, 0.29) is 54.4 Å². The summed E-state index contributed by atoms with van der Waals surface area (Å²) in [5.41, 5.74) is 4.11. The minimum absolute atomic E-state index is 0.0103. The zero-order chi connectivity index (χ0) is 41.4. The first kappa shape index (κ1) is 43.7. The van der Waals surface area contributed by atoms with Crippen LogP contribution in [0.2, 0.25) is 0 Å². The largest absolute Gasteiger partial charge is 0.480 e. The lowest BCUT2D eigenvalue weighted by atomic mass is 9.59. The number of hydrogen-bond donors (Lipinski definition) is 8. The van der Waals surface area contributed by atoms with Gasteiger partial charge in [0, 0.05) is 37.8 Å². The van der Waals surface area contributed by atoms with Crippen molar-refractivity contribution in [1.82, 2.24) is 26.3 Å². The van der Waals surface area contributed by atoms with Gasteiger partial charge in [0.05, 0.1) is 5.25 Å². The summed E-state index contributed by atoms with van der Waals surface area (Å²) in [6.07, 6.45) is 12.6. The standard InChI is InChI=1S/C42H59N5O10S/c1-43-23-45-30(39(52)53)10-11-32(49)46-31(37(50)47-38(51)40(54)55)22-58-36-35-33-27(20-24-6-8-28(9-7-24)42(36)14-2-3-15-42)21-26(19-25-12-16-44-17-13-25)29(5-4-18-48)34(33)41(56)57-35/h12-13,16-17,24,27-28,30-31,34,36,38,43,45,48,51H,2-11,14-15,18-23H2,1H3,(H,46,49)(H,47,50)(H,52,53)(H,54,55)/t24?,27?,28?,30-,31-,34+,36?,38-/m0/s1. The van der Waals surface area contributed by atoms with Crippen molar-refractivity contribution >= 4 is 41.5 Å². The highest BCUT2D eigenvalue weighted by molar-refractivity contribution is 8.00. The maximum Gasteiger partial charge on any atom is 0.353 e. The van der Waals surface area contributed by atoms with Crippen LogP contribution in [0.5, 0.6) is 0 Å². The van der Waals surface area contributed by atoms with E-state index in [0.29, 0.717) is 36.9 Å². The van der Waals surface area contributed by atoms with E-state index < -0.39 is 48.0 Å². The lowest BCUT2D eigenvalue weighted by Gasteiger charge is -2.49. The number of fused-ring (bicyclic) bond motifs is 2. The Bertz CT molecular complexity index is 1730. The van der Waals surface area contributed by atoms with E-state index in [1.807, 2.05) is 12.1 Å². The van der Waals surface area contributed by atoms with Gasteiger partial charge in [-0.2, -0.15) is 0 Å². The van der Waals surface area contributed by atoms with Gasteiger partial charge in [0.25, 0.3) is 0 Å². The topological polar surface area (TPSA) is 237 Å². The van der Waals surface area contributed by atoms with Crippen molar-refractivity contribution in [3.63, 3.8) is 0 Å². The van der Waals surface area contributed by atoms with Crippen molar-refractivity contribution in [3.05, 3.63) is 52.6 Å². The molecule has 0 radical (unpaired) electrons. The Hall–Kier alpha value is -3.83. The number of carbonyl (C=O) groups is 5. The van der Waals surface area contributed by atoms with Crippen LogP contribution in [0.3, 0.4) is 0 Å². The summed E-state index contributed by atoms with van der Waals surface area (Å²) in [5.74, 6) is -3.60. The number of carbonyl (C=O) groups excluding carboxylic acids is 3. The van der Waals surface area contributed by atoms with Gasteiger partial charge in [0.2, 0.25) is 18.0 Å². The Labute approximate surface area is 343 Å².